The van der Waals surface area contributed by atoms with Gasteiger partial charge in [-0.15, -0.1) is 11.8 Å². The molecule has 2 unspecified atom stereocenters. The Morgan fingerprint density at radius 1 is 1.37 bits per heavy atom. The highest BCUT2D eigenvalue weighted by Crippen LogP contribution is 2.36. The molecule has 1 aromatic carbocycles. The second-order valence-corrected chi connectivity index (χ2v) is 6.64. The van der Waals surface area contributed by atoms with Gasteiger partial charge in [0.05, 0.1) is 6.04 Å². The quantitative estimate of drug-likeness (QED) is 0.888. The average molecular weight is 276 g/mol. The second-order valence-electron chi connectivity index (χ2n) is 5.50. The lowest BCUT2D eigenvalue weighted by Gasteiger charge is -2.26. The summed E-state index contributed by atoms with van der Waals surface area (Å²) in [5.41, 5.74) is 7.27. The molecule has 1 aliphatic heterocycles. The summed E-state index contributed by atoms with van der Waals surface area (Å²) in [5, 5.41) is 3.16. The van der Waals surface area contributed by atoms with Crippen LogP contribution in [0.3, 0.4) is 0 Å². The minimum Gasteiger partial charge on any atom is -0.349 e. The summed E-state index contributed by atoms with van der Waals surface area (Å²) in [5.74, 6) is 1.75. The molecule has 3 nitrogen and oxygen atoms in total. The molecule has 1 saturated carbocycles. The molecule has 0 bridgehead atoms. The summed E-state index contributed by atoms with van der Waals surface area (Å²) < 4.78 is 0. The lowest BCUT2D eigenvalue weighted by Crippen LogP contribution is -2.36. The number of carbonyl (C=O) groups is 1. The molecule has 4 heteroatoms. The molecule has 0 spiro atoms. The maximum absolute atomic E-state index is 12.1. The average Bonchev–Trinajstić information content (AvgIpc) is 3.23. The molecular formula is C15H20N2OS. The first kappa shape index (κ1) is 13.0. The van der Waals surface area contributed by atoms with Crippen LogP contribution in [0.1, 0.15) is 37.3 Å². The van der Waals surface area contributed by atoms with Crippen LogP contribution in [0.2, 0.25) is 0 Å². The number of thioether (sulfide) groups is 1. The van der Waals surface area contributed by atoms with Crippen LogP contribution in [0.15, 0.2) is 29.2 Å². The zero-order valence-corrected chi connectivity index (χ0v) is 11.8. The summed E-state index contributed by atoms with van der Waals surface area (Å²) in [7, 11) is 0. The minimum atomic E-state index is 0.0493. The Hall–Kier alpha value is -1.00. The minimum absolute atomic E-state index is 0.0493. The Balaban J connectivity index is 1.62. The number of hydrogen-bond acceptors (Lipinski definition) is 3. The molecule has 1 fully saturated rings. The summed E-state index contributed by atoms with van der Waals surface area (Å²) in [4.78, 5) is 13.4. The van der Waals surface area contributed by atoms with E-state index in [4.69, 9.17) is 5.73 Å². The maximum atomic E-state index is 12.1. The number of benzene rings is 1. The molecule has 0 radical (unpaired) electrons. The second kappa shape index (κ2) is 5.55. The van der Waals surface area contributed by atoms with Gasteiger partial charge in [0.15, 0.2) is 0 Å². The Kier molecular flexibility index (Phi) is 3.80. The van der Waals surface area contributed by atoms with Crippen LogP contribution in [0, 0.1) is 5.92 Å². The van der Waals surface area contributed by atoms with Crippen molar-refractivity contribution < 1.29 is 4.79 Å². The normalized spacial score (nSPS) is 23.5. The van der Waals surface area contributed by atoms with E-state index in [2.05, 4.69) is 23.5 Å². The third kappa shape index (κ3) is 3.12. The molecular weight excluding hydrogens is 256 g/mol. The van der Waals surface area contributed by atoms with Crippen LogP contribution in [0.4, 0.5) is 0 Å². The topological polar surface area (TPSA) is 55.1 Å². The fraction of sp³-hybridized carbons (Fsp3) is 0.533. The summed E-state index contributed by atoms with van der Waals surface area (Å²) >= 11 is 1.87. The van der Waals surface area contributed by atoms with Gasteiger partial charge in [-0.1, -0.05) is 18.2 Å². The van der Waals surface area contributed by atoms with Crippen molar-refractivity contribution in [3.8, 4) is 0 Å². The van der Waals surface area contributed by atoms with Crippen LogP contribution in [0.5, 0.6) is 0 Å². The fourth-order valence-corrected chi connectivity index (χ4v) is 3.78. The predicted octanol–water partition coefficient (Wildman–Crippen LogP) is 2.47. The van der Waals surface area contributed by atoms with E-state index in [9.17, 15) is 4.79 Å². The number of carbonyl (C=O) groups excluding carboxylic acids is 1. The molecule has 2 atom stereocenters. The van der Waals surface area contributed by atoms with Gasteiger partial charge in [-0.05, 0) is 36.8 Å². The highest BCUT2D eigenvalue weighted by atomic mass is 32.2. The van der Waals surface area contributed by atoms with Crippen molar-refractivity contribution in [1.82, 2.24) is 5.32 Å². The van der Waals surface area contributed by atoms with Gasteiger partial charge >= 0.3 is 0 Å². The van der Waals surface area contributed by atoms with Gasteiger partial charge in [0.2, 0.25) is 5.91 Å². The molecule has 1 aromatic rings. The summed E-state index contributed by atoms with van der Waals surface area (Å²) in [6.07, 6.45) is 3.86. The van der Waals surface area contributed by atoms with Crippen LogP contribution in [0.25, 0.3) is 0 Å². The number of hydrogen-bond donors (Lipinski definition) is 2. The first-order valence-corrected chi connectivity index (χ1v) is 7.99. The monoisotopic (exact) mass is 276 g/mol. The van der Waals surface area contributed by atoms with E-state index in [1.807, 2.05) is 17.8 Å². The molecule has 0 saturated heterocycles. The van der Waals surface area contributed by atoms with Crippen molar-refractivity contribution in [3.05, 3.63) is 29.8 Å². The number of rotatable bonds is 4. The first-order chi connectivity index (χ1) is 9.24. The van der Waals surface area contributed by atoms with Gasteiger partial charge in [-0.3, -0.25) is 4.79 Å². The SMILES string of the molecule is NC(CC(=O)NC1CCSc2ccccc21)C1CC1. The van der Waals surface area contributed by atoms with Crippen molar-refractivity contribution >= 4 is 17.7 Å². The molecule has 1 heterocycles. The number of nitrogens with two attached hydrogens (primary N) is 1. The van der Waals surface area contributed by atoms with E-state index >= 15 is 0 Å². The lowest BCUT2D eigenvalue weighted by molar-refractivity contribution is -0.122. The molecule has 2 aliphatic rings. The van der Waals surface area contributed by atoms with Gasteiger partial charge < -0.3 is 11.1 Å². The van der Waals surface area contributed by atoms with Crippen LogP contribution >= 0.6 is 11.8 Å². The van der Waals surface area contributed by atoms with E-state index in [1.165, 1.54) is 23.3 Å². The fourth-order valence-electron chi connectivity index (χ4n) is 2.65. The zero-order chi connectivity index (χ0) is 13.2. The van der Waals surface area contributed by atoms with Gasteiger partial charge in [0, 0.05) is 23.1 Å². The molecule has 0 aromatic heterocycles. The first-order valence-electron chi connectivity index (χ1n) is 7.00. The van der Waals surface area contributed by atoms with Crippen molar-refractivity contribution in [2.45, 2.75) is 42.7 Å². The van der Waals surface area contributed by atoms with Gasteiger partial charge in [0.1, 0.15) is 0 Å². The van der Waals surface area contributed by atoms with Crippen LogP contribution < -0.4 is 11.1 Å². The standard InChI is InChI=1S/C15H20N2OS/c16-12(10-5-6-10)9-15(18)17-13-7-8-19-14-4-2-1-3-11(13)14/h1-4,10,12-13H,5-9,16H2,(H,17,18). The van der Waals surface area contributed by atoms with Crippen molar-refractivity contribution in [2.24, 2.45) is 11.7 Å². The van der Waals surface area contributed by atoms with E-state index in [-0.39, 0.29) is 18.0 Å². The third-order valence-corrected chi connectivity index (χ3v) is 5.06. The van der Waals surface area contributed by atoms with Crippen LogP contribution in [-0.2, 0) is 4.79 Å². The predicted molar refractivity (Wildman–Crippen MR) is 78.0 cm³/mol. The molecule has 1 amide bonds. The van der Waals surface area contributed by atoms with Gasteiger partial charge in [-0.25, -0.2) is 0 Å². The van der Waals surface area contributed by atoms with Gasteiger partial charge in [0.25, 0.3) is 0 Å². The van der Waals surface area contributed by atoms with E-state index in [0.29, 0.717) is 12.3 Å². The lowest BCUT2D eigenvalue weighted by atomic mass is 10.0. The Morgan fingerprint density at radius 2 is 2.16 bits per heavy atom. The summed E-state index contributed by atoms with van der Waals surface area (Å²) in [6.45, 7) is 0. The molecule has 3 N–H and O–H groups in total. The smallest absolute Gasteiger partial charge is 0.222 e. The third-order valence-electron chi connectivity index (χ3n) is 3.94. The van der Waals surface area contributed by atoms with Crippen molar-refractivity contribution in [1.29, 1.82) is 0 Å². The van der Waals surface area contributed by atoms with Gasteiger partial charge in [-0.2, -0.15) is 0 Å². The molecule has 1 aliphatic carbocycles. The Labute approximate surface area is 118 Å². The summed E-state index contributed by atoms with van der Waals surface area (Å²) in [6, 6.07) is 8.56. The van der Waals surface area contributed by atoms with E-state index < -0.39 is 0 Å². The highest BCUT2D eigenvalue weighted by molar-refractivity contribution is 7.99. The van der Waals surface area contributed by atoms with Crippen molar-refractivity contribution in [2.75, 3.05) is 5.75 Å². The van der Waals surface area contributed by atoms with E-state index in [0.717, 1.165) is 12.2 Å². The zero-order valence-electron chi connectivity index (χ0n) is 11.0. The van der Waals surface area contributed by atoms with Crippen molar-refractivity contribution in [3.63, 3.8) is 0 Å². The molecule has 19 heavy (non-hydrogen) atoms. The number of amides is 1. The van der Waals surface area contributed by atoms with Crippen LogP contribution in [-0.4, -0.2) is 17.7 Å². The highest BCUT2D eigenvalue weighted by Gasteiger charge is 2.30. The maximum Gasteiger partial charge on any atom is 0.222 e. The molecule has 3 rings (SSSR count). The Bertz CT molecular complexity index is 473. The largest absolute Gasteiger partial charge is 0.349 e. The Morgan fingerprint density at radius 3 is 2.95 bits per heavy atom. The van der Waals surface area contributed by atoms with E-state index in [1.54, 1.807) is 0 Å². The number of nitrogens with one attached hydrogen (secondary N) is 1. The number of fused-ring (bicyclic) bond motifs is 1. The molecule has 102 valence electrons.